The number of hydrogen-bond acceptors (Lipinski definition) is 3. The van der Waals surface area contributed by atoms with Gasteiger partial charge in [-0.2, -0.15) is 0 Å². The van der Waals surface area contributed by atoms with Crippen molar-refractivity contribution in [3.8, 4) is 0 Å². The van der Waals surface area contributed by atoms with Crippen molar-refractivity contribution in [2.24, 2.45) is 5.73 Å². The average Bonchev–Trinajstić information content (AvgIpc) is 2.53. The molecule has 1 unspecified atom stereocenters. The van der Waals surface area contributed by atoms with Crippen LogP contribution in [0.4, 0.5) is 0 Å². The van der Waals surface area contributed by atoms with Crippen molar-refractivity contribution in [1.82, 2.24) is 9.80 Å². The van der Waals surface area contributed by atoms with Crippen LogP contribution in [0.1, 0.15) is 72.1 Å². The normalized spacial score (nSPS) is 20.9. The monoisotopic (exact) mass is 297 g/mol. The van der Waals surface area contributed by atoms with E-state index in [1.807, 2.05) is 0 Å². The third kappa shape index (κ3) is 5.88. The van der Waals surface area contributed by atoms with Crippen LogP contribution in [0.15, 0.2) is 0 Å². The maximum absolute atomic E-state index is 6.16. The number of piperidine rings is 1. The van der Waals surface area contributed by atoms with Crippen molar-refractivity contribution in [2.75, 3.05) is 33.2 Å². The molecule has 1 saturated heterocycles. The number of nitrogens with two attached hydrogens (primary N) is 1. The van der Waals surface area contributed by atoms with Crippen LogP contribution in [-0.4, -0.2) is 54.6 Å². The van der Waals surface area contributed by atoms with E-state index >= 15 is 0 Å². The van der Waals surface area contributed by atoms with Gasteiger partial charge in [-0.25, -0.2) is 0 Å². The lowest BCUT2D eigenvalue weighted by Gasteiger charge is -2.46. The quantitative estimate of drug-likeness (QED) is 0.627. The fourth-order valence-electron chi connectivity index (χ4n) is 3.60. The highest BCUT2D eigenvalue weighted by Crippen LogP contribution is 2.27. The molecule has 1 atom stereocenters. The Morgan fingerprint density at radius 1 is 1.10 bits per heavy atom. The van der Waals surface area contributed by atoms with Gasteiger partial charge in [0.15, 0.2) is 0 Å². The van der Waals surface area contributed by atoms with Crippen molar-refractivity contribution < 1.29 is 0 Å². The minimum absolute atomic E-state index is 0.186. The highest BCUT2D eigenvalue weighted by atomic mass is 15.2. The molecule has 0 bridgehead atoms. The maximum atomic E-state index is 6.16. The highest BCUT2D eigenvalue weighted by molar-refractivity contribution is 4.91. The first kappa shape index (κ1) is 18.9. The number of rotatable bonds is 10. The fraction of sp³-hybridized carbons (Fsp3) is 1.00. The topological polar surface area (TPSA) is 32.5 Å². The first-order valence-corrected chi connectivity index (χ1v) is 9.22. The summed E-state index contributed by atoms with van der Waals surface area (Å²) in [5.74, 6) is 0. The van der Waals surface area contributed by atoms with E-state index in [1.165, 1.54) is 71.0 Å². The number of likely N-dealkylation sites (tertiary alicyclic amines) is 1. The smallest absolute Gasteiger partial charge is 0.0303 e. The van der Waals surface area contributed by atoms with Gasteiger partial charge in [0.2, 0.25) is 0 Å². The molecule has 0 spiro atoms. The second-order valence-corrected chi connectivity index (χ2v) is 7.14. The second-order valence-electron chi connectivity index (χ2n) is 7.14. The molecule has 0 aliphatic carbocycles. The Hall–Kier alpha value is -0.120. The molecule has 2 N–H and O–H groups in total. The summed E-state index contributed by atoms with van der Waals surface area (Å²) in [6.07, 6.45) is 10.6. The summed E-state index contributed by atoms with van der Waals surface area (Å²) in [5, 5.41) is 0. The average molecular weight is 298 g/mol. The molecule has 0 saturated carbocycles. The van der Waals surface area contributed by atoms with Crippen LogP contribution in [0.5, 0.6) is 0 Å². The summed E-state index contributed by atoms with van der Waals surface area (Å²) in [4.78, 5) is 5.18. The van der Waals surface area contributed by atoms with Gasteiger partial charge in [-0.05, 0) is 52.9 Å². The molecule has 3 nitrogen and oxygen atoms in total. The summed E-state index contributed by atoms with van der Waals surface area (Å²) in [6.45, 7) is 11.4. The van der Waals surface area contributed by atoms with Crippen LogP contribution in [0.25, 0.3) is 0 Å². The molecular weight excluding hydrogens is 258 g/mol. The number of hydrogen-bond donors (Lipinski definition) is 1. The van der Waals surface area contributed by atoms with E-state index in [4.69, 9.17) is 5.73 Å². The minimum Gasteiger partial charge on any atom is -0.329 e. The minimum atomic E-state index is 0.186. The van der Waals surface area contributed by atoms with Gasteiger partial charge in [0.05, 0.1) is 0 Å². The molecular formula is C18H39N3. The summed E-state index contributed by atoms with van der Waals surface area (Å²) < 4.78 is 0. The molecule has 126 valence electrons. The SMILES string of the molecule is CCCCCCCC(C)(CN)N(C)C1CCN(CC)CC1. The van der Waals surface area contributed by atoms with Gasteiger partial charge >= 0.3 is 0 Å². The van der Waals surface area contributed by atoms with Gasteiger partial charge in [0, 0.05) is 18.1 Å². The number of likely N-dealkylation sites (N-methyl/N-ethyl adjacent to an activating group) is 1. The largest absolute Gasteiger partial charge is 0.329 e. The molecule has 0 aromatic rings. The molecule has 1 aliphatic rings. The maximum Gasteiger partial charge on any atom is 0.0303 e. The van der Waals surface area contributed by atoms with E-state index in [9.17, 15) is 0 Å². The van der Waals surface area contributed by atoms with Crippen molar-refractivity contribution in [3.05, 3.63) is 0 Å². The Labute approximate surface area is 133 Å². The molecule has 21 heavy (non-hydrogen) atoms. The molecule has 1 heterocycles. The third-order valence-electron chi connectivity index (χ3n) is 5.66. The zero-order chi connectivity index (χ0) is 15.7. The van der Waals surface area contributed by atoms with Crippen LogP contribution in [0, 0.1) is 0 Å². The van der Waals surface area contributed by atoms with E-state index in [1.54, 1.807) is 0 Å². The van der Waals surface area contributed by atoms with E-state index in [0.29, 0.717) is 0 Å². The molecule has 0 aromatic carbocycles. The molecule has 0 aromatic heterocycles. The zero-order valence-electron chi connectivity index (χ0n) is 15.0. The van der Waals surface area contributed by atoms with Crippen LogP contribution >= 0.6 is 0 Å². The zero-order valence-corrected chi connectivity index (χ0v) is 15.0. The Morgan fingerprint density at radius 3 is 2.24 bits per heavy atom. The first-order chi connectivity index (χ1) is 10.1. The molecule has 0 amide bonds. The summed E-state index contributed by atoms with van der Waals surface area (Å²) in [5.41, 5.74) is 6.34. The van der Waals surface area contributed by atoms with Gasteiger partial charge in [0.25, 0.3) is 0 Å². The molecule has 1 fully saturated rings. The van der Waals surface area contributed by atoms with Crippen molar-refractivity contribution >= 4 is 0 Å². The summed E-state index contributed by atoms with van der Waals surface area (Å²) in [7, 11) is 2.31. The number of unbranched alkanes of at least 4 members (excludes halogenated alkanes) is 4. The molecule has 1 rings (SSSR count). The van der Waals surface area contributed by atoms with Crippen molar-refractivity contribution in [2.45, 2.75) is 83.7 Å². The van der Waals surface area contributed by atoms with E-state index < -0.39 is 0 Å². The molecule has 0 radical (unpaired) electrons. The standard InChI is InChI=1S/C18H39N3/c1-5-7-8-9-10-13-18(3,16-19)20(4)17-11-14-21(6-2)15-12-17/h17H,5-16,19H2,1-4H3. The van der Waals surface area contributed by atoms with Crippen molar-refractivity contribution in [3.63, 3.8) is 0 Å². The summed E-state index contributed by atoms with van der Waals surface area (Å²) in [6, 6.07) is 0.719. The van der Waals surface area contributed by atoms with Gasteiger partial charge < -0.3 is 10.6 Å². The lowest BCUT2D eigenvalue weighted by atomic mass is 9.89. The van der Waals surface area contributed by atoms with Crippen LogP contribution in [0.3, 0.4) is 0 Å². The Kier molecular flexibility index (Phi) is 8.84. The van der Waals surface area contributed by atoms with Crippen LogP contribution < -0.4 is 5.73 Å². The number of nitrogens with zero attached hydrogens (tertiary/aromatic N) is 2. The second kappa shape index (κ2) is 9.81. The van der Waals surface area contributed by atoms with Crippen molar-refractivity contribution in [1.29, 1.82) is 0 Å². The first-order valence-electron chi connectivity index (χ1n) is 9.22. The van der Waals surface area contributed by atoms with Gasteiger partial charge in [-0.1, -0.05) is 46.0 Å². The van der Waals surface area contributed by atoms with Gasteiger partial charge in [-0.15, -0.1) is 0 Å². The Balaban J connectivity index is 2.41. The highest BCUT2D eigenvalue weighted by Gasteiger charge is 2.33. The summed E-state index contributed by atoms with van der Waals surface area (Å²) >= 11 is 0. The van der Waals surface area contributed by atoms with Gasteiger partial charge in [-0.3, -0.25) is 4.90 Å². The Bertz CT molecular complexity index is 261. The fourth-order valence-corrected chi connectivity index (χ4v) is 3.60. The van der Waals surface area contributed by atoms with Crippen LogP contribution in [0.2, 0.25) is 0 Å². The lowest BCUT2D eigenvalue weighted by Crippen LogP contribution is -2.56. The third-order valence-corrected chi connectivity index (χ3v) is 5.66. The Morgan fingerprint density at radius 2 is 1.71 bits per heavy atom. The van der Waals surface area contributed by atoms with Gasteiger partial charge in [0.1, 0.15) is 0 Å². The predicted molar refractivity (Wildman–Crippen MR) is 93.7 cm³/mol. The van der Waals surface area contributed by atoms with E-state index in [0.717, 1.165) is 12.6 Å². The van der Waals surface area contributed by atoms with E-state index in [-0.39, 0.29) is 5.54 Å². The molecule has 3 heteroatoms. The van der Waals surface area contributed by atoms with Crippen LogP contribution in [-0.2, 0) is 0 Å². The predicted octanol–water partition coefficient (Wildman–Crippen LogP) is 3.48. The van der Waals surface area contributed by atoms with E-state index in [2.05, 4.69) is 37.6 Å². The lowest BCUT2D eigenvalue weighted by molar-refractivity contribution is 0.0433. The molecule has 1 aliphatic heterocycles.